The smallest absolute Gasteiger partial charge is 0.417 e. The van der Waals surface area contributed by atoms with E-state index < -0.39 is 29.5 Å². The number of nitrogens with one attached hydrogen (secondary N) is 1. The fourth-order valence-electron chi connectivity index (χ4n) is 2.00. The van der Waals surface area contributed by atoms with Gasteiger partial charge in [0.05, 0.1) is 19.1 Å². The van der Waals surface area contributed by atoms with Crippen LogP contribution in [-0.2, 0) is 23.7 Å². The van der Waals surface area contributed by atoms with Crippen LogP contribution in [0.25, 0.3) is 0 Å². The first kappa shape index (κ1) is 26.1. The van der Waals surface area contributed by atoms with E-state index in [0.717, 1.165) is 0 Å². The summed E-state index contributed by atoms with van der Waals surface area (Å²) in [5.74, 6) is -0.249. The second-order valence-corrected chi connectivity index (χ2v) is 8.47. The van der Waals surface area contributed by atoms with Gasteiger partial charge in [-0.15, -0.1) is 0 Å². The Labute approximate surface area is 167 Å². The SMILES string of the molecule is CC(C)(C)OC(=O)NC(=O)OC(C)(C)C.CC1CC(O)CCOCCC(=O)O1. The summed E-state index contributed by atoms with van der Waals surface area (Å²) in [4.78, 5) is 33.3. The second kappa shape index (κ2) is 11.9. The number of hydrogen-bond acceptors (Lipinski definition) is 8. The molecule has 1 fully saturated rings. The number of amides is 2. The highest BCUT2D eigenvalue weighted by Crippen LogP contribution is 2.10. The van der Waals surface area contributed by atoms with Crippen molar-refractivity contribution in [2.75, 3.05) is 13.2 Å². The van der Waals surface area contributed by atoms with Crippen molar-refractivity contribution in [2.24, 2.45) is 0 Å². The molecule has 0 aromatic carbocycles. The summed E-state index contributed by atoms with van der Waals surface area (Å²) in [6.45, 7) is 13.0. The fraction of sp³-hybridized carbons (Fsp3) is 0.842. The molecule has 2 unspecified atom stereocenters. The first-order valence-electron chi connectivity index (χ1n) is 9.36. The Balaban J connectivity index is 0.000000525. The van der Waals surface area contributed by atoms with Gasteiger partial charge in [-0.25, -0.2) is 14.9 Å². The molecule has 1 saturated heterocycles. The van der Waals surface area contributed by atoms with E-state index in [1.165, 1.54) is 0 Å². The molecule has 9 heteroatoms. The van der Waals surface area contributed by atoms with Gasteiger partial charge in [0.15, 0.2) is 0 Å². The third kappa shape index (κ3) is 16.3. The molecule has 0 spiro atoms. The Morgan fingerprint density at radius 2 is 1.54 bits per heavy atom. The zero-order valence-electron chi connectivity index (χ0n) is 18.0. The van der Waals surface area contributed by atoms with Crippen LogP contribution in [0.5, 0.6) is 0 Å². The Bertz CT molecular complexity index is 481. The number of imide groups is 1. The zero-order valence-corrected chi connectivity index (χ0v) is 18.0. The van der Waals surface area contributed by atoms with Crippen LogP contribution in [0.3, 0.4) is 0 Å². The minimum atomic E-state index is -0.809. The molecule has 0 aromatic heterocycles. The number of ether oxygens (including phenoxy) is 4. The van der Waals surface area contributed by atoms with Crippen molar-refractivity contribution in [3.8, 4) is 0 Å². The molecule has 9 nitrogen and oxygen atoms in total. The normalized spacial score (nSPS) is 21.4. The summed E-state index contributed by atoms with van der Waals surface area (Å²) in [6.07, 6.45) is -0.827. The monoisotopic (exact) mass is 405 g/mol. The molecule has 1 aliphatic rings. The quantitative estimate of drug-likeness (QED) is 0.466. The van der Waals surface area contributed by atoms with E-state index >= 15 is 0 Å². The van der Waals surface area contributed by atoms with E-state index in [2.05, 4.69) is 0 Å². The summed E-state index contributed by atoms with van der Waals surface area (Å²) in [7, 11) is 0. The van der Waals surface area contributed by atoms with Crippen molar-refractivity contribution in [2.45, 2.75) is 91.1 Å². The fourth-order valence-corrected chi connectivity index (χ4v) is 2.00. The van der Waals surface area contributed by atoms with E-state index in [1.54, 1.807) is 48.5 Å². The van der Waals surface area contributed by atoms with Crippen LogP contribution < -0.4 is 5.32 Å². The molecule has 2 atom stereocenters. The Morgan fingerprint density at radius 3 is 2.00 bits per heavy atom. The number of carbonyl (C=O) groups excluding carboxylic acids is 3. The molecule has 1 rings (SSSR count). The van der Waals surface area contributed by atoms with Gasteiger partial charge in [-0.2, -0.15) is 0 Å². The lowest BCUT2D eigenvalue weighted by atomic mass is 10.1. The molecule has 28 heavy (non-hydrogen) atoms. The van der Waals surface area contributed by atoms with E-state index in [-0.39, 0.29) is 12.1 Å². The predicted octanol–water partition coefficient (Wildman–Crippen LogP) is 2.93. The molecule has 0 aromatic rings. The number of alkyl carbamates (subject to hydrolysis) is 2. The summed E-state index contributed by atoms with van der Waals surface area (Å²) < 4.78 is 19.9. The van der Waals surface area contributed by atoms with Crippen molar-refractivity contribution in [3.63, 3.8) is 0 Å². The zero-order chi connectivity index (χ0) is 22.0. The van der Waals surface area contributed by atoms with Crippen molar-refractivity contribution in [1.82, 2.24) is 5.32 Å². The summed E-state index contributed by atoms with van der Waals surface area (Å²) in [6, 6.07) is 0. The molecular formula is C19H35NO8. The Kier molecular flexibility index (Phi) is 11.1. The van der Waals surface area contributed by atoms with E-state index in [4.69, 9.17) is 18.9 Å². The Morgan fingerprint density at radius 1 is 1.04 bits per heavy atom. The van der Waals surface area contributed by atoms with Gasteiger partial charge in [0.1, 0.15) is 17.3 Å². The number of cyclic esters (lactones) is 1. The van der Waals surface area contributed by atoms with Crippen LogP contribution in [0.2, 0.25) is 0 Å². The molecular weight excluding hydrogens is 370 g/mol. The summed E-state index contributed by atoms with van der Waals surface area (Å²) >= 11 is 0. The lowest BCUT2D eigenvalue weighted by Crippen LogP contribution is -2.39. The number of rotatable bonds is 0. The van der Waals surface area contributed by atoms with Gasteiger partial charge < -0.3 is 24.1 Å². The highest BCUT2D eigenvalue weighted by molar-refractivity contribution is 5.87. The van der Waals surface area contributed by atoms with Crippen LogP contribution in [0, 0.1) is 0 Å². The first-order chi connectivity index (χ1) is 12.7. The van der Waals surface area contributed by atoms with E-state index in [1.807, 2.05) is 5.32 Å². The molecule has 2 N–H and O–H groups in total. The predicted molar refractivity (Wildman–Crippen MR) is 102 cm³/mol. The third-order valence-corrected chi connectivity index (χ3v) is 2.98. The van der Waals surface area contributed by atoms with E-state index in [0.29, 0.717) is 32.5 Å². The molecule has 0 aliphatic carbocycles. The molecule has 2 amide bonds. The number of hydrogen-bond donors (Lipinski definition) is 2. The Hall–Kier alpha value is -1.87. The van der Waals surface area contributed by atoms with Gasteiger partial charge in [0.25, 0.3) is 0 Å². The molecule has 0 saturated carbocycles. The highest BCUT2D eigenvalue weighted by Gasteiger charge is 2.22. The minimum absolute atomic E-state index is 0.194. The molecule has 1 aliphatic heterocycles. The van der Waals surface area contributed by atoms with Crippen molar-refractivity contribution in [3.05, 3.63) is 0 Å². The first-order valence-corrected chi connectivity index (χ1v) is 9.36. The van der Waals surface area contributed by atoms with E-state index in [9.17, 15) is 19.5 Å². The van der Waals surface area contributed by atoms with Gasteiger partial charge in [-0.1, -0.05) is 0 Å². The molecule has 1 heterocycles. The molecule has 0 radical (unpaired) electrons. The van der Waals surface area contributed by atoms with Crippen LogP contribution in [-0.4, -0.2) is 59.9 Å². The van der Waals surface area contributed by atoms with Gasteiger partial charge in [0.2, 0.25) is 0 Å². The number of carbonyl (C=O) groups is 3. The average Bonchev–Trinajstić information content (AvgIpc) is 2.42. The standard InChI is InChI=1S/C10H19NO4.C9H16O4/c1-9(2,3)14-7(12)11-8(13)15-10(4,5)6;1-7-6-8(10)2-4-12-5-3-9(11)13-7/h1-6H3,(H,11,12,13);7-8,10H,2-6H2,1H3. The topological polar surface area (TPSA) is 120 Å². The van der Waals surface area contributed by atoms with Crippen LogP contribution in [0.4, 0.5) is 9.59 Å². The molecule has 164 valence electrons. The van der Waals surface area contributed by atoms with Gasteiger partial charge in [0, 0.05) is 13.0 Å². The highest BCUT2D eigenvalue weighted by atomic mass is 16.6. The van der Waals surface area contributed by atoms with Crippen LogP contribution in [0.1, 0.15) is 67.7 Å². The number of aliphatic hydroxyl groups excluding tert-OH is 1. The van der Waals surface area contributed by atoms with Crippen molar-refractivity contribution >= 4 is 18.2 Å². The van der Waals surface area contributed by atoms with Gasteiger partial charge in [-0.05, 0) is 54.9 Å². The maximum atomic E-state index is 11.1. The largest absolute Gasteiger partial charge is 0.462 e. The van der Waals surface area contributed by atoms with Gasteiger partial charge in [-0.3, -0.25) is 4.79 Å². The van der Waals surface area contributed by atoms with Crippen molar-refractivity contribution < 1.29 is 38.4 Å². The van der Waals surface area contributed by atoms with Crippen LogP contribution in [0.15, 0.2) is 0 Å². The number of esters is 1. The van der Waals surface area contributed by atoms with Crippen molar-refractivity contribution in [1.29, 1.82) is 0 Å². The lowest BCUT2D eigenvalue weighted by Gasteiger charge is -2.21. The van der Waals surface area contributed by atoms with Gasteiger partial charge >= 0.3 is 18.2 Å². The average molecular weight is 405 g/mol. The third-order valence-electron chi connectivity index (χ3n) is 2.98. The summed E-state index contributed by atoms with van der Waals surface area (Å²) in [5.41, 5.74) is -1.27. The summed E-state index contributed by atoms with van der Waals surface area (Å²) in [5, 5.41) is 11.4. The molecule has 0 bridgehead atoms. The van der Waals surface area contributed by atoms with Crippen LogP contribution >= 0.6 is 0 Å². The number of aliphatic hydroxyl groups is 1. The lowest BCUT2D eigenvalue weighted by molar-refractivity contribution is -0.151. The maximum absolute atomic E-state index is 11.1. The second-order valence-electron chi connectivity index (χ2n) is 8.47. The maximum Gasteiger partial charge on any atom is 0.417 e. The minimum Gasteiger partial charge on any atom is -0.462 e.